The van der Waals surface area contributed by atoms with Gasteiger partial charge in [-0.3, -0.25) is 9.48 Å². The van der Waals surface area contributed by atoms with E-state index in [1.54, 1.807) is 16.8 Å². The summed E-state index contributed by atoms with van der Waals surface area (Å²) in [6, 6.07) is 15.2. The standard InChI is InChI=1S/C15H13ClN2O/c1-2-17-15(19)13-9-8-11(16)10-14(13)18(17)12-6-4-3-5-7-12/h3-10H,2H2,1H3. The van der Waals surface area contributed by atoms with Crippen molar-refractivity contribution in [2.45, 2.75) is 13.5 Å². The van der Waals surface area contributed by atoms with Crippen LogP contribution in [0.4, 0.5) is 0 Å². The third-order valence-electron chi connectivity index (χ3n) is 3.19. The van der Waals surface area contributed by atoms with Gasteiger partial charge in [0.15, 0.2) is 0 Å². The van der Waals surface area contributed by atoms with Crippen molar-refractivity contribution in [3.05, 3.63) is 63.9 Å². The van der Waals surface area contributed by atoms with Gasteiger partial charge in [-0.1, -0.05) is 29.8 Å². The molecule has 0 unspecified atom stereocenters. The van der Waals surface area contributed by atoms with Gasteiger partial charge in [0.05, 0.1) is 16.6 Å². The fourth-order valence-electron chi connectivity index (χ4n) is 2.35. The van der Waals surface area contributed by atoms with Crippen LogP contribution in [0.1, 0.15) is 6.92 Å². The summed E-state index contributed by atoms with van der Waals surface area (Å²) in [7, 11) is 0. The smallest absolute Gasteiger partial charge is 0.267 e. The van der Waals surface area contributed by atoms with Crippen LogP contribution in [0.3, 0.4) is 0 Å². The van der Waals surface area contributed by atoms with Crippen molar-refractivity contribution < 1.29 is 0 Å². The number of benzene rings is 2. The van der Waals surface area contributed by atoms with Crippen LogP contribution in [0.5, 0.6) is 0 Å². The lowest BCUT2D eigenvalue weighted by molar-refractivity contribution is 0.578. The highest BCUT2D eigenvalue weighted by Gasteiger charge is 2.13. The predicted molar refractivity (Wildman–Crippen MR) is 78.2 cm³/mol. The molecular formula is C15H13ClN2O. The molecule has 3 nitrogen and oxygen atoms in total. The molecular weight excluding hydrogens is 260 g/mol. The van der Waals surface area contributed by atoms with Gasteiger partial charge < -0.3 is 0 Å². The predicted octanol–water partition coefficient (Wildman–Crippen LogP) is 3.47. The minimum atomic E-state index is 0.0121. The second-order valence-electron chi connectivity index (χ2n) is 4.33. The van der Waals surface area contributed by atoms with Gasteiger partial charge in [0, 0.05) is 11.6 Å². The molecule has 0 aliphatic carbocycles. The third kappa shape index (κ3) is 1.87. The van der Waals surface area contributed by atoms with E-state index in [-0.39, 0.29) is 5.56 Å². The molecule has 3 aromatic rings. The van der Waals surface area contributed by atoms with Crippen LogP contribution >= 0.6 is 11.6 Å². The monoisotopic (exact) mass is 272 g/mol. The summed E-state index contributed by atoms with van der Waals surface area (Å²) in [5.41, 5.74) is 1.81. The van der Waals surface area contributed by atoms with Crippen LogP contribution < -0.4 is 5.56 Å². The lowest BCUT2D eigenvalue weighted by atomic mass is 10.2. The first kappa shape index (κ1) is 12.1. The zero-order valence-electron chi connectivity index (χ0n) is 10.5. The maximum Gasteiger partial charge on any atom is 0.274 e. The number of nitrogens with zero attached hydrogens (tertiary/aromatic N) is 2. The molecule has 0 spiro atoms. The molecule has 4 heteroatoms. The van der Waals surface area contributed by atoms with Crippen LogP contribution in [0.2, 0.25) is 5.02 Å². The maximum absolute atomic E-state index is 12.4. The van der Waals surface area contributed by atoms with E-state index in [2.05, 4.69) is 0 Å². The molecule has 0 aliphatic rings. The summed E-state index contributed by atoms with van der Waals surface area (Å²) in [4.78, 5) is 12.4. The first-order valence-electron chi connectivity index (χ1n) is 6.19. The lowest BCUT2D eigenvalue weighted by Crippen LogP contribution is -2.20. The van der Waals surface area contributed by atoms with Crippen molar-refractivity contribution in [2.75, 3.05) is 0 Å². The fourth-order valence-corrected chi connectivity index (χ4v) is 2.52. The minimum Gasteiger partial charge on any atom is -0.267 e. The Morgan fingerprint density at radius 3 is 2.53 bits per heavy atom. The quantitative estimate of drug-likeness (QED) is 0.702. The van der Waals surface area contributed by atoms with Crippen LogP contribution in [0.15, 0.2) is 53.3 Å². The fraction of sp³-hybridized carbons (Fsp3) is 0.133. The van der Waals surface area contributed by atoms with E-state index >= 15 is 0 Å². The third-order valence-corrected chi connectivity index (χ3v) is 3.43. The molecule has 0 saturated carbocycles. The topological polar surface area (TPSA) is 26.9 Å². The van der Waals surface area contributed by atoms with Crippen LogP contribution in [0, 0.1) is 0 Å². The average Bonchev–Trinajstić information content (AvgIpc) is 2.71. The van der Waals surface area contributed by atoms with Gasteiger partial charge in [0.2, 0.25) is 0 Å². The average molecular weight is 273 g/mol. The van der Waals surface area contributed by atoms with E-state index in [0.717, 1.165) is 11.2 Å². The molecule has 0 saturated heterocycles. The van der Waals surface area contributed by atoms with E-state index in [1.165, 1.54) is 0 Å². The van der Waals surface area contributed by atoms with Crippen LogP contribution in [-0.2, 0) is 6.54 Å². The molecule has 1 aromatic heterocycles. The molecule has 0 atom stereocenters. The summed E-state index contributed by atoms with van der Waals surface area (Å²) >= 11 is 6.06. The van der Waals surface area contributed by atoms with Crippen LogP contribution in [-0.4, -0.2) is 9.36 Å². The van der Waals surface area contributed by atoms with Gasteiger partial charge in [-0.05, 0) is 37.3 Å². The van der Waals surface area contributed by atoms with Crippen molar-refractivity contribution in [3.63, 3.8) is 0 Å². The molecule has 0 radical (unpaired) electrons. The maximum atomic E-state index is 12.4. The summed E-state index contributed by atoms with van der Waals surface area (Å²) in [5.74, 6) is 0. The van der Waals surface area contributed by atoms with Gasteiger partial charge in [0.1, 0.15) is 0 Å². The SMILES string of the molecule is CCn1c(=O)c2ccc(Cl)cc2n1-c1ccccc1. The minimum absolute atomic E-state index is 0.0121. The number of hydrogen-bond donors (Lipinski definition) is 0. The van der Waals surface area contributed by atoms with E-state index in [1.807, 2.05) is 48.0 Å². The number of para-hydroxylation sites is 1. The zero-order valence-corrected chi connectivity index (χ0v) is 11.3. The molecule has 96 valence electrons. The highest BCUT2D eigenvalue weighted by molar-refractivity contribution is 6.31. The van der Waals surface area contributed by atoms with E-state index in [9.17, 15) is 4.79 Å². The number of fused-ring (bicyclic) bond motifs is 1. The summed E-state index contributed by atoms with van der Waals surface area (Å²) in [6.07, 6.45) is 0. The molecule has 19 heavy (non-hydrogen) atoms. The van der Waals surface area contributed by atoms with E-state index in [4.69, 9.17) is 11.6 Å². The van der Waals surface area contributed by atoms with Crippen molar-refractivity contribution in [1.82, 2.24) is 9.36 Å². The molecule has 0 N–H and O–H groups in total. The Bertz CT molecular complexity index is 787. The van der Waals surface area contributed by atoms with Crippen molar-refractivity contribution in [2.24, 2.45) is 0 Å². The van der Waals surface area contributed by atoms with Gasteiger partial charge >= 0.3 is 0 Å². The Balaban J connectivity index is 2.46. The normalized spacial score (nSPS) is 11.1. The zero-order chi connectivity index (χ0) is 13.4. The van der Waals surface area contributed by atoms with Crippen molar-refractivity contribution >= 4 is 22.5 Å². The molecule has 1 heterocycles. The molecule has 2 aromatic carbocycles. The molecule has 3 rings (SSSR count). The first-order valence-corrected chi connectivity index (χ1v) is 6.56. The van der Waals surface area contributed by atoms with Gasteiger partial charge in [-0.15, -0.1) is 0 Å². The molecule has 0 bridgehead atoms. The summed E-state index contributed by atoms with van der Waals surface area (Å²) in [5, 5.41) is 1.32. The largest absolute Gasteiger partial charge is 0.274 e. The van der Waals surface area contributed by atoms with Gasteiger partial charge in [0.25, 0.3) is 5.56 Å². The molecule has 0 amide bonds. The Kier molecular flexibility index (Phi) is 2.91. The molecule has 0 fully saturated rings. The Morgan fingerprint density at radius 1 is 1.11 bits per heavy atom. The van der Waals surface area contributed by atoms with E-state index in [0.29, 0.717) is 17.0 Å². The first-order chi connectivity index (χ1) is 9.22. The number of hydrogen-bond acceptors (Lipinski definition) is 1. The number of halogens is 1. The molecule has 0 aliphatic heterocycles. The number of aromatic nitrogens is 2. The number of rotatable bonds is 2. The van der Waals surface area contributed by atoms with Gasteiger partial charge in [-0.2, -0.15) is 0 Å². The highest BCUT2D eigenvalue weighted by atomic mass is 35.5. The summed E-state index contributed by atoms with van der Waals surface area (Å²) < 4.78 is 3.64. The summed E-state index contributed by atoms with van der Waals surface area (Å²) in [6.45, 7) is 2.57. The van der Waals surface area contributed by atoms with Crippen molar-refractivity contribution in [1.29, 1.82) is 0 Å². The van der Waals surface area contributed by atoms with Crippen LogP contribution in [0.25, 0.3) is 16.6 Å². The van der Waals surface area contributed by atoms with E-state index < -0.39 is 0 Å². The Labute approximate surface area is 115 Å². The lowest BCUT2D eigenvalue weighted by Gasteiger charge is -2.10. The second-order valence-corrected chi connectivity index (χ2v) is 4.77. The Morgan fingerprint density at radius 2 is 1.84 bits per heavy atom. The van der Waals surface area contributed by atoms with Crippen molar-refractivity contribution in [3.8, 4) is 5.69 Å². The second kappa shape index (κ2) is 4.59. The van der Waals surface area contributed by atoms with Gasteiger partial charge in [-0.25, -0.2) is 4.68 Å². The Hall–Kier alpha value is -2.00. The highest BCUT2D eigenvalue weighted by Crippen LogP contribution is 2.21.